The van der Waals surface area contributed by atoms with E-state index >= 15 is 0 Å². The fraction of sp³-hybridized carbons (Fsp3) is 0.462. The van der Waals surface area contributed by atoms with Crippen LogP contribution in [0.2, 0.25) is 5.02 Å². The normalized spacial score (nSPS) is 18.4. The summed E-state index contributed by atoms with van der Waals surface area (Å²) in [5.41, 5.74) is 0.394. The molecule has 0 bridgehead atoms. The van der Waals surface area contributed by atoms with Gasteiger partial charge in [-0.1, -0.05) is 11.6 Å². The molecule has 1 aromatic carbocycles. The van der Waals surface area contributed by atoms with E-state index in [2.05, 4.69) is 21.2 Å². The molecule has 0 aromatic heterocycles. The monoisotopic (exact) mass is 331 g/mol. The highest BCUT2D eigenvalue weighted by Crippen LogP contribution is 2.24. The molecule has 0 unspecified atom stereocenters. The van der Waals surface area contributed by atoms with Gasteiger partial charge in [0.05, 0.1) is 5.02 Å². The highest BCUT2D eigenvalue weighted by atomic mass is 79.9. The summed E-state index contributed by atoms with van der Waals surface area (Å²) in [4.78, 5) is 12.2. The van der Waals surface area contributed by atoms with Crippen molar-refractivity contribution in [1.29, 1.82) is 0 Å². The molecule has 2 rings (SSSR count). The van der Waals surface area contributed by atoms with E-state index in [1.54, 1.807) is 18.2 Å². The minimum absolute atomic E-state index is 0.0891. The molecule has 18 heavy (non-hydrogen) atoms. The molecule has 0 atom stereocenters. The second kappa shape index (κ2) is 5.59. The summed E-state index contributed by atoms with van der Waals surface area (Å²) in [5, 5.41) is 3.61. The van der Waals surface area contributed by atoms with Crippen LogP contribution in [0.4, 0.5) is 0 Å². The first kappa shape index (κ1) is 13.8. The Morgan fingerprint density at radius 3 is 2.72 bits per heavy atom. The maximum Gasteiger partial charge on any atom is 0.251 e. The molecule has 1 amide bonds. The molecule has 5 heteroatoms. The zero-order valence-corrected chi connectivity index (χ0v) is 12.5. The molecule has 1 saturated heterocycles. The van der Waals surface area contributed by atoms with Crippen LogP contribution < -0.4 is 5.32 Å². The van der Waals surface area contributed by atoms with Crippen LogP contribution in [-0.2, 0) is 4.74 Å². The summed E-state index contributed by atoms with van der Waals surface area (Å²) in [6, 6.07) is 5.21. The number of nitrogens with one attached hydrogen (secondary N) is 1. The average molecular weight is 333 g/mol. The quantitative estimate of drug-likeness (QED) is 0.901. The van der Waals surface area contributed by atoms with Crippen LogP contribution in [0.3, 0.4) is 0 Å². The zero-order chi connectivity index (χ0) is 13.2. The van der Waals surface area contributed by atoms with E-state index in [0.29, 0.717) is 23.8 Å². The molecule has 0 aliphatic carbocycles. The van der Waals surface area contributed by atoms with E-state index in [9.17, 15) is 4.79 Å². The molecule has 98 valence electrons. The van der Waals surface area contributed by atoms with Gasteiger partial charge in [0.1, 0.15) is 0 Å². The first-order chi connectivity index (χ1) is 8.50. The van der Waals surface area contributed by atoms with Crippen LogP contribution in [-0.4, -0.2) is 24.7 Å². The Balaban J connectivity index is 2.09. The van der Waals surface area contributed by atoms with Crippen molar-refractivity contribution in [2.75, 3.05) is 13.2 Å². The van der Waals surface area contributed by atoms with Gasteiger partial charge >= 0.3 is 0 Å². The van der Waals surface area contributed by atoms with Crippen molar-refractivity contribution >= 4 is 33.4 Å². The number of hydrogen-bond donors (Lipinski definition) is 1. The van der Waals surface area contributed by atoms with Crippen LogP contribution in [0.1, 0.15) is 30.1 Å². The van der Waals surface area contributed by atoms with Crippen molar-refractivity contribution in [3.05, 3.63) is 33.3 Å². The van der Waals surface area contributed by atoms with E-state index in [4.69, 9.17) is 16.3 Å². The third-order valence-corrected chi connectivity index (χ3v) is 4.43. The third-order valence-electron chi connectivity index (χ3n) is 3.19. The Kier molecular flexibility index (Phi) is 4.30. The van der Waals surface area contributed by atoms with E-state index in [0.717, 1.165) is 17.3 Å². The number of halogens is 2. The standard InChI is InChI=1S/C13H15BrClNO2/c1-13(4-6-18-7-5-13)16-12(17)9-2-3-10(14)11(15)8-9/h2-3,8H,4-7H2,1H3,(H,16,17). The summed E-state index contributed by atoms with van der Waals surface area (Å²) in [6.07, 6.45) is 1.67. The van der Waals surface area contributed by atoms with Gasteiger partial charge in [-0.25, -0.2) is 0 Å². The van der Waals surface area contributed by atoms with Gasteiger partial charge in [0.15, 0.2) is 0 Å². The molecule has 1 aliphatic rings. The molecule has 3 nitrogen and oxygen atoms in total. The second-order valence-electron chi connectivity index (χ2n) is 4.76. The second-order valence-corrected chi connectivity index (χ2v) is 6.02. The first-order valence-corrected chi connectivity index (χ1v) is 7.03. The maximum absolute atomic E-state index is 12.2. The molecular formula is C13H15BrClNO2. The fourth-order valence-electron chi connectivity index (χ4n) is 1.93. The third kappa shape index (κ3) is 3.25. The fourth-order valence-corrected chi connectivity index (χ4v) is 2.36. The Morgan fingerprint density at radius 2 is 2.11 bits per heavy atom. The van der Waals surface area contributed by atoms with Gasteiger partial charge < -0.3 is 10.1 Å². The molecule has 0 spiro atoms. The number of carbonyl (C=O) groups is 1. The molecular weight excluding hydrogens is 318 g/mol. The van der Waals surface area contributed by atoms with Crippen molar-refractivity contribution in [2.24, 2.45) is 0 Å². The summed E-state index contributed by atoms with van der Waals surface area (Å²) in [7, 11) is 0. The van der Waals surface area contributed by atoms with Crippen LogP contribution >= 0.6 is 27.5 Å². The van der Waals surface area contributed by atoms with Gasteiger partial charge in [-0.2, -0.15) is 0 Å². The molecule has 1 fully saturated rings. The number of hydrogen-bond acceptors (Lipinski definition) is 2. The Morgan fingerprint density at radius 1 is 1.44 bits per heavy atom. The van der Waals surface area contributed by atoms with E-state index in [1.807, 2.05) is 6.92 Å². The summed E-state index contributed by atoms with van der Waals surface area (Å²) in [6.45, 7) is 3.43. The summed E-state index contributed by atoms with van der Waals surface area (Å²) >= 11 is 9.30. The lowest BCUT2D eigenvalue weighted by molar-refractivity contribution is 0.0423. The van der Waals surface area contributed by atoms with Crippen LogP contribution in [0.25, 0.3) is 0 Å². The average Bonchev–Trinajstić information content (AvgIpc) is 2.33. The lowest BCUT2D eigenvalue weighted by atomic mass is 9.92. The topological polar surface area (TPSA) is 38.3 Å². The Labute approximate surface area is 120 Å². The van der Waals surface area contributed by atoms with Crippen molar-refractivity contribution in [3.8, 4) is 0 Å². The summed E-state index contributed by atoms with van der Waals surface area (Å²) < 4.78 is 6.10. The first-order valence-electron chi connectivity index (χ1n) is 5.85. The number of amides is 1. The van der Waals surface area contributed by atoms with Crippen LogP contribution in [0.5, 0.6) is 0 Å². The minimum atomic E-state index is -0.186. The smallest absolute Gasteiger partial charge is 0.251 e. The van der Waals surface area contributed by atoms with Gasteiger partial charge in [0.25, 0.3) is 5.91 Å². The van der Waals surface area contributed by atoms with Gasteiger partial charge in [-0.05, 0) is 53.9 Å². The van der Waals surface area contributed by atoms with E-state index in [1.165, 1.54) is 0 Å². The SMILES string of the molecule is CC1(NC(=O)c2ccc(Br)c(Cl)c2)CCOCC1. The highest BCUT2D eigenvalue weighted by molar-refractivity contribution is 9.10. The maximum atomic E-state index is 12.2. The summed E-state index contributed by atoms with van der Waals surface area (Å²) in [5.74, 6) is -0.0891. The predicted molar refractivity (Wildman–Crippen MR) is 75.1 cm³/mol. The molecule has 0 radical (unpaired) electrons. The zero-order valence-electron chi connectivity index (χ0n) is 10.1. The Hall–Kier alpha value is -0.580. The molecule has 1 heterocycles. The minimum Gasteiger partial charge on any atom is -0.381 e. The van der Waals surface area contributed by atoms with Gasteiger partial charge in [0, 0.05) is 28.8 Å². The number of benzene rings is 1. The van der Waals surface area contributed by atoms with Gasteiger partial charge in [-0.3, -0.25) is 4.79 Å². The number of ether oxygens (including phenoxy) is 1. The van der Waals surface area contributed by atoms with E-state index in [-0.39, 0.29) is 11.4 Å². The molecule has 1 N–H and O–H groups in total. The predicted octanol–water partition coefficient (Wildman–Crippen LogP) is 3.40. The van der Waals surface area contributed by atoms with E-state index < -0.39 is 0 Å². The van der Waals surface area contributed by atoms with Crippen molar-refractivity contribution in [1.82, 2.24) is 5.32 Å². The lowest BCUT2D eigenvalue weighted by Crippen LogP contribution is -2.49. The van der Waals surface area contributed by atoms with Crippen LogP contribution in [0.15, 0.2) is 22.7 Å². The largest absolute Gasteiger partial charge is 0.381 e. The van der Waals surface area contributed by atoms with Gasteiger partial charge in [0.2, 0.25) is 0 Å². The Bertz CT molecular complexity index is 458. The lowest BCUT2D eigenvalue weighted by Gasteiger charge is -2.34. The number of rotatable bonds is 2. The van der Waals surface area contributed by atoms with Crippen LogP contribution in [0, 0.1) is 0 Å². The van der Waals surface area contributed by atoms with Crippen molar-refractivity contribution in [2.45, 2.75) is 25.3 Å². The van der Waals surface area contributed by atoms with Crippen molar-refractivity contribution in [3.63, 3.8) is 0 Å². The van der Waals surface area contributed by atoms with Gasteiger partial charge in [-0.15, -0.1) is 0 Å². The van der Waals surface area contributed by atoms with Crippen molar-refractivity contribution < 1.29 is 9.53 Å². The highest BCUT2D eigenvalue weighted by Gasteiger charge is 2.29. The molecule has 0 saturated carbocycles. The molecule has 1 aromatic rings. The molecule has 1 aliphatic heterocycles. The number of carbonyl (C=O) groups excluding carboxylic acids is 1.